The predicted octanol–water partition coefficient (Wildman–Crippen LogP) is 2.25. The fraction of sp³-hybridized carbons (Fsp3) is 0.500. The number of carbonyl (C=O) groups excluding carboxylic acids is 1. The summed E-state index contributed by atoms with van der Waals surface area (Å²) < 4.78 is 9.52. The minimum absolute atomic E-state index is 0.0303. The monoisotopic (exact) mass is 337 g/mol. The van der Waals surface area contributed by atoms with Crippen molar-refractivity contribution in [1.29, 1.82) is 0 Å². The highest BCUT2D eigenvalue weighted by molar-refractivity contribution is 7.73. The molecular formula is C16H21N2O2S2+. The number of hydrogen-bond donors (Lipinski definition) is 1. The normalized spacial score (nSPS) is 21.9. The van der Waals surface area contributed by atoms with Crippen LogP contribution in [0.25, 0.3) is 10.2 Å². The van der Waals surface area contributed by atoms with E-state index in [-0.39, 0.29) is 11.9 Å². The molecular weight excluding hydrogens is 316 g/mol. The molecule has 22 heavy (non-hydrogen) atoms. The molecule has 1 aromatic carbocycles. The second-order valence-electron chi connectivity index (χ2n) is 5.72. The number of quaternary nitrogens is 1. The molecule has 1 aliphatic heterocycles. The molecule has 4 nitrogen and oxygen atoms in total. The first kappa shape index (κ1) is 15.6. The van der Waals surface area contributed by atoms with E-state index in [1.54, 1.807) is 11.3 Å². The van der Waals surface area contributed by atoms with Crippen molar-refractivity contribution in [2.24, 2.45) is 5.92 Å². The van der Waals surface area contributed by atoms with Crippen LogP contribution in [-0.2, 0) is 16.2 Å². The summed E-state index contributed by atoms with van der Waals surface area (Å²) in [5.41, 5.74) is 1.20. The van der Waals surface area contributed by atoms with Crippen LogP contribution in [0.15, 0.2) is 24.3 Å². The first-order valence-corrected chi connectivity index (χ1v) is 9.00. The minimum atomic E-state index is -0.0431. The summed E-state index contributed by atoms with van der Waals surface area (Å²) in [6, 6.07) is 8.32. The van der Waals surface area contributed by atoms with Gasteiger partial charge >= 0.3 is 5.97 Å². The van der Waals surface area contributed by atoms with Crippen molar-refractivity contribution in [3.8, 4) is 0 Å². The van der Waals surface area contributed by atoms with Gasteiger partial charge in [-0.25, -0.2) is 0 Å². The Morgan fingerprint density at radius 1 is 1.50 bits per heavy atom. The molecule has 1 aliphatic rings. The van der Waals surface area contributed by atoms with Gasteiger partial charge in [-0.15, -0.1) is 11.3 Å². The molecule has 0 aliphatic carbocycles. The van der Waals surface area contributed by atoms with Gasteiger partial charge in [-0.1, -0.05) is 12.1 Å². The van der Waals surface area contributed by atoms with Gasteiger partial charge in [-0.2, -0.15) is 0 Å². The van der Waals surface area contributed by atoms with Gasteiger partial charge in [-0.05, 0) is 44.1 Å². The van der Waals surface area contributed by atoms with Crippen LogP contribution in [0.4, 0.5) is 0 Å². The Bertz CT molecular complexity index is 722. The fourth-order valence-electron chi connectivity index (χ4n) is 3.14. The molecule has 1 fully saturated rings. The van der Waals surface area contributed by atoms with Crippen molar-refractivity contribution >= 4 is 39.7 Å². The molecule has 1 unspecified atom stereocenters. The largest absolute Gasteiger partial charge is 0.466 e. The van der Waals surface area contributed by atoms with Gasteiger partial charge in [0.25, 0.3) is 0 Å². The summed E-state index contributed by atoms with van der Waals surface area (Å²) in [7, 11) is 0. The van der Waals surface area contributed by atoms with E-state index in [2.05, 4.69) is 16.7 Å². The molecule has 0 radical (unpaired) electrons. The van der Waals surface area contributed by atoms with E-state index in [9.17, 15) is 4.79 Å². The minimum Gasteiger partial charge on any atom is -0.466 e. The third-order valence-electron chi connectivity index (χ3n) is 4.19. The number of esters is 1. The highest BCUT2D eigenvalue weighted by Gasteiger charge is 2.30. The number of piperidine rings is 1. The average molecular weight is 337 g/mol. The maximum absolute atomic E-state index is 12.0. The summed E-state index contributed by atoms with van der Waals surface area (Å²) >= 11 is 7.18. The van der Waals surface area contributed by atoms with E-state index in [0.29, 0.717) is 6.61 Å². The van der Waals surface area contributed by atoms with Crippen LogP contribution in [0.1, 0.15) is 19.8 Å². The van der Waals surface area contributed by atoms with Gasteiger partial charge in [0.2, 0.25) is 0 Å². The van der Waals surface area contributed by atoms with Crippen LogP contribution < -0.4 is 4.90 Å². The lowest BCUT2D eigenvalue weighted by Crippen LogP contribution is -3.13. The van der Waals surface area contributed by atoms with Crippen molar-refractivity contribution < 1.29 is 14.4 Å². The Labute approximate surface area is 139 Å². The lowest BCUT2D eigenvalue weighted by Gasteiger charge is -2.28. The zero-order valence-electron chi connectivity index (χ0n) is 12.7. The Morgan fingerprint density at radius 2 is 2.32 bits per heavy atom. The molecule has 1 aromatic heterocycles. The van der Waals surface area contributed by atoms with E-state index in [4.69, 9.17) is 17.0 Å². The number of thiazole rings is 1. The van der Waals surface area contributed by atoms with Crippen molar-refractivity contribution in [2.45, 2.75) is 26.4 Å². The number of nitrogens with one attached hydrogen (secondary N) is 1. The van der Waals surface area contributed by atoms with Gasteiger partial charge in [0.15, 0.2) is 10.6 Å². The molecule has 0 saturated carbocycles. The lowest BCUT2D eigenvalue weighted by molar-refractivity contribution is -0.929. The number of carbonyl (C=O) groups is 1. The lowest BCUT2D eigenvalue weighted by atomic mass is 9.98. The van der Waals surface area contributed by atoms with Gasteiger partial charge in [-0.3, -0.25) is 9.36 Å². The second-order valence-corrected chi connectivity index (χ2v) is 7.39. The zero-order valence-corrected chi connectivity index (χ0v) is 14.3. The Morgan fingerprint density at radius 3 is 3.14 bits per heavy atom. The van der Waals surface area contributed by atoms with Crippen LogP contribution in [-0.4, -0.2) is 30.2 Å². The Kier molecular flexibility index (Phi) is 4.90. The fourth-order valence-corrected chi connectivity index (χ4v) is 4.47. The van der Waals surface area contributed by atoms with Crippen molar-refractivity contribution in [2.75, 3.05) is 19.7 Å². The second kappa shape index (κ2) is 6.89. The first-order valence-electron chi connectivity index (χ1n) is 7.77. The smallest absolute Gasteiger partial charge is 0.314 e. The van der Waals surface area contributed by atoms with Crippen molar-refractivity contribution in [3.63, 3.8) is 0 Å². The summed E-state index contributed by atoms with van der Waals surface area (Å²) in [5, 5.41) is 0. The number of benzene rings is 1. The molecule has 2 aromatic rings. The van der Waals surface area contributed by atoms with E-state index in [1.807, 2.05) is 19.1 Å². The maximum atomic E-state index is 12.0. The molecule has 1 saturated heterocycles. The van der Waals surface area contributed by atoms with E-state index < -0.39 is 0 Å². The summed E-state index contributed by atoms with van der Waals surface area (Å²) in [4.78, 5) is 13.4. The summed E-state index contributed by atoms with van der Waals surface area (Å²) in [6.45, 7) is 5.08. The topological polar surface area (TPSA) is 35.7 Å². The highest BCUT2D eigenvalue weighted by Crippen LogP contribution is 2.22. The SMILES string of the molecule is CCOC(=O)[C@@H]1CCC[NH+](Cn2c(=S)sc3ccccc32)C1. The zero-order chi connectivity index (χ0) is 15.5. The number of likely N-dealkylation sites (tertiary alicyclic amines) is 1. The number of hydrogen-bond acceptors (Lipinski definition) is 4. The van der Waals surface area contributed by atoms with Gasteiger partial charge in [0, 0.05) is 0 Å². The number of fused-ring (bicyclic) bond motifs is 1. The summed E-state index contributed by atoms with van der Waals surface area (Å²) in [6.07, 6.45) is 2.01. The van der Waals surface area contributed by atoms with Crippen LogP contribution >= 0.6 is 23.6 Å². The number of para-hydroxylation sites is 1. The number of ether oxygens (including phenoxy) is 1. The predicted molar refractivity (Wildman–Crippen MR) is 90.7 cm³/mol. The van der Waals surface area contributed by atoms with E-state index in [1.165, 1.54) is 15.1 Å². The highest BCUT2D eigenvalue weighted by atomic mass is 32.1. The quantitative estimate of drug-likeness (QED) is 0.687. The van der Waals surface area contributed by atoms with Crippen LogP contribution in [0.2, 0.25) is 0 Å². The van der Waals surface area contributed by atoms with Crippen LogP contribution in [0, 0.1) is 9.87 Å². The van der Waals surface area contributed by atoms with Crippen molar-refractivity contribution in [3.05, 3.63) is 28.2 Å². The molecule has 6 heteroatoms. The molecule has 0 spiro atoms. The number of aromatic nitrogens is 1. The molecule has 3 rings (SSSR count). The van der Waals surface area contributed by atoms with Gasteiger partial charge in [0.05, 0.1) is 29.9 Å². The van der Waals surface area contributed by atoms with E-state index in [0.717, 1.165) is 36.6 Å². The third kappa shape index (κ3) is 3.24. The molecule has 2 heterocycles. The molecule has 2 atom stereocenters. The molecule has 0 bridgehead atoms. The first-order chi connectivity index (χ1) is 10.7. The molecule has 118 valence electrons. The Balaban J connectivity index is 1.76. The van der Waals surface area contributed by atoms with Crippen molar-refractivity contribution in [1.82, 2.24) is 4.57 Å². The standard InChI is InChI=1S/C16H20N2O2S2/c1-2-20-15(19)12-6-5-9-17(10-12)11-18-13-7-3-4-8-14(13)22-16(18)21/h3-4,7-8,12H,2,5-6,9-11H2,1H3/p+1/t12-/m1/s1. The number of nitrogens with zero attached hydrogens (tertiary/aromatic N) is 1. The average Bonchev–Trinajstić information content (AvgIpc) is 2.84. The molecule has 0 amide bonds. The maximum Gasteiger partial charge on any atom is 0.314 e. The van der Waals surface area contributed by atoms with Crippen LogP contribution in [0.5, 0.6) is 0 Å². The summed E-state index contributed by atoms with van der Waals surface area (Å²) in [5.74, 6) is -0.0127. The van der Waals surface area contributed by atoms with Gasteiger partial charge in [0.1, 0.15) is 5.92 Å². The molecule has 1 N–H and O–H groups in total. The van der Waals surface area contributed by atoms with E-state index >= 15 is 0 Å². The third-order valence-corrected chi connectivity index (χ3v) is 5.62. The van der Waals surface area contributed by atoms with Crippen LogP contribution in [0.3, 0.4) is 0 Å². The number of rotatable bonds is 4. The Hall–Kier alpha value is -1.24. The van der Waals surface area contributed by atoms with Gasteiger partial charge < -0.3 is 9.64 Å².